The van der Waals surface area contributed by atoms with Crippen LogP contribution in [0.25, 0.3) is 78.0 Å². The molecule has 0 fully saturated rings. The van der Waals surface area contributed by atoms with Gasteiger partial charge in [0.2, 0.25) is 5.95 Å². The maximum Gasteiger partial charge on any atom is 0.238 e. The summed E-state index contributed by atoms with van der Waals surface area (Å²) >= 11 is 0. The van der Waals surface area contributed by atoms with Crippen LogP contribution >= 0.6 is 0 Å². The van der Waals surface area contributed by atoms with Gasteiger partial charge in [-0.05, 0) is 92.7 Å². The van der Waals surface area contributed by atoms with Crippen LogP contribution in [0.4, 0.5) is 0 Å². The number of nitrogens with zero attached hydrogens (tertiary/aromatic N) is 7. The summed E-state index contributed by atoms with van der Waals surface area (Å²) in [6.45, 7) is 4.22. The Morgan fingerprint density at radius 2 is 1.02 bits per heavy atom. The predicted molar refractivity (Wildman–Crippen MR) is 198 cm³/mol. The number of hydrogen-bond donors (Lipinski definition) is 0. The van der Waals surface area contributed by atoms with Crippen molar-refractivity contribution in [3.05, 3.63) is 150 Å². The number of para-hydroxylation sites is 2. The van der Waals surface area contributed by atoms with E-state index in [-0.39, 0.29) is 0 Å². The van der Waals surface area contributed by atoms with E-state index in [4.69, 9.17) is 15.0 Å². The van der Waals surface area contributed by atoms with Crippen molar-refractivity contribution >= 4 is 43.6 Å². The summed E-state index contributed by atoms with van der Waals surface area (Å²) in [7, 11) is 0. The number of benzene rings is 6. The molecule has 0 saturated heterocycles. The summed E-state index contributed by atoms with van der Waals surface area (Å²) < 4.78 is 4.31. The predicted octanol–water partition coefficient (Wildman–Crippen LogP) is 9.76. The van der Waals surface area contributed by atoms with Gasteiger partial charge in [0.1, 0.15) is 0 Å². The number of rotatable bonds is 4. The second kappa shape index (κ2) is 11.3. The highest BCUT2D eigenvalue weighted by atomic mass is 15.2. The van der Waals surface area contributed by atoms with Gasteiger partial charge in [0.15, 0.2) is 11.6 Å². The molecule has 0 saturated carbocycles. The first-order chi connectivity index (χ1) is 24.5. The standard InChI is InChI=1S/C43H27N7/c1-26-11-18-38-33(21-26)34-22-27(2)12-19-39(34)49(38)40-20-15-29(25-45)23-35(40)42-46-41(30-16-13-28(24-44)14-17-30)47-43(48-42)50-36-9-5-3-7-31(36)32-8-4-6-10-37(32)50/h3-23H,1-2H3. The van der Waals surface area contributed by atoms with E-state index < -0.39 is 0 Å². The molecule has 0 radical (unpaired) electrons. The number of fused-ring (bicyclic) bond motifs is 6. The molecule has 0 aliphatic carbocycles. The first-order valence-electron chi connectivity index (χ1n) is 16.3. The van der Waals surface area contributed by atoms with Crippen molar-refractivity contribution in [1.29, 1.82) is 10.5 Å². The molecule has 9 aromatic rings. The van der Waals surface area contributed by atoms with Crippen LogP contribution in [0.3, 0.4) is 0 Å². The molecular formula is C43H27N7. The van der Waals surface area contributed by atoms with Crippen LogP contribution in [-0.4, -0.2) is 24.1 Å². The van der Waals surface area contributed by atoms with Crippen molar-refractivity contribution in [2.24, 2.45) is 0 Å². The molecule has 3 heterocycles. The van der Waals surface area contributed by atoms with Crippen molar-refractivity contribution in [2.45, 2.75) is 13.8 Å². The first-order valence-corrected chi connectivity index (χ1v) is 16.3. The van der Waals surface area contributed by atoms with E-state index in [9.17, 15) is 10.5 Å². The van der Waals surface area contributed by atoms with Gasteiger partial charge in [-0.2, -0.15) is 20.5 Å². The average molecular weight is 642 g/mol. The van der Waals surface area contributed by atoms with E-state index in [1.807, 2.05) is 54.6 Å². The third-order valence-corrected chi connectivity index (χ3v) is 9.36. The van der Waals surface area contributed by atoms with Gasteiger partial charge in [-0.15, -0.1) is 0 Å². The lowest BCUT2D eigenvalue weighted by Gasteiger charge is -2.16. The second-order valence-corrected chi connectivity index (χ2v) is 12.6. The normalized spacial score (nSPS) is 11.4. The lowest BCUT2D eigenvalue weighted by atomic mass is 10.1. The highest BCUT2D eigenvalue weighted by molar-refractivity contribution is 6.11. The molecule has 0 aliphatic heterocycles. The summed E-state index contributed by atoms with van der Waals surface area (Å²) in [6, 6.07) is 46.9. The lowest BCUT2D eigenvalue weighted by molar-refractivity contribution is 0.951. The van der Waals surface area contributed by atoms with Gasteiger partial charge in [0, 0.05) is 32.7 Å². The molecule has 0 aliphatic rings. The zero-order valence-electron chi connectivity index (χ0n) is 27.3. The van der Waals surface area contributed by atoms with Crippen molar-refractivity contribution < 1.29 is 0 Å². The molecule has 50 heavy (non-hydrogen) atoms. The summed E-state index contributed by atoms with van der Waals surface area (Å²) in [5.41, 5.74) is 9.72. The first kappa shape index (κ1) is 29.1. The minimum atomic E-state index is 0.428. The molecule has 7 heteroatoms. The topological polar surface area (TPSA) is 96.1 Å². The van der Waals surface area contributed by atoms with Gasteiger partial charge in [-0.1, -0.05) is 59.7 Å². The Morgan fingerprint density at radius 3 is 1.62 bits per heavy atom. The number of hydrogen-bond acceptors (Lipinski definition) is 5. The van der Waals surface area contributed by atoms with E-state index in [1.54, 1.807) is 12.1 Å². The van der Waals surface area contributed by atoms with Crippen LogP contribution in [0.15, 0.2) is 127 Å². The fourth-order valence-electron chi connectivity index (χ4n) is 7.04. The Morgan fingerprint density at radius 1 is 0.480 bits per heavy atom. The largest absolute Gasteiger partial charge is 0.308 e. The molecular weight excluding hydrogens is 615 g/mol. The highest BCUT2D eigenvalue weighted by Crippen LogP contribution is 2.38. The molecule has 9 rings (SSSR count). The molecule has 0 bridgehead atoms. The second-order valence-electron chi connectivity index (χ2n) is 12.6. The molecule has 0 unspecified atom stereocenters. The number of aryl methyl sites for hydroxylation is 2. The van der Waals surface area contributed by atoms with E-state index in [0.29, 0.717) is 34.3 Å². The van der Waals surface area contributed by atoms with Gasteiger partial charge in [0.05, 0.1) is 51.0 Å². The van der Waals surface area contributed by atoms with Crippen molar-refractivity contribution in [3.63, 3.8) is 0 Å². The molecule has 0 N–H and O–H groups in total. The Labute approximate surface area is 287 Å². The van der Waals surface area contributed by atoms with Crippen LogP contribution < -0.4 is 0 Å². The minimum absolute atomic E-state index is 0.428. The van der Waals surface area contributed by atoms with E-state index in [0.717, 1.165) is 54.9 Å². The zero-order chi connectivity index (χ0) is 33.9. The third kappa shape index (κ3) is 4.53. The molecule has 6 aromatic carbocycles. The van der Waals surface area contributed by atoms with Crippen molar-refractivity contribution in [2.75, 3.05) is 0 Å². The van der Waals surface area contributed by atoms with Crippen LogP contribution in [0.1, 0.15) is 22.3 Å². The van der Waals surface area contributed by atoms with Crippen molar-refractivity contribution in [3.8, 4) is 46.5 Å². The fraction of sp³-hybridized carbons (Fsp3) is 0.0465. The maximum absolute atomic E-state index is 10.1. The zero-order valence-corrected chi connectivity index (χ0v) is 27.3. The van der Waals surface area contributed by atoms with Gasteiger partial charge in [-0.25, -0.2) is 4.98 Å². The van der Waals surface area contributed by atoms with E-state index >= 15 is 0 Å². The SMILES string of the molecule is Cc1ccc2c(c1)c1cc(C)ccc1n2-c1ccc(C#N)cc1-c1nc(-c2ccc(C#N)cc2)nc(-n2c3ccccc3c3ccccc32)n1. The maximum atomic E-state index is 10.1. The van der Waals surface area contributed by atoms with Gasteiger partial charge in [-0.3, -0.25) is 4.57 Å². The van der Waals surface area contributed by atoms with Gasteiger partial charge in [0.25, 0.3) is 0 Å². The Bertz CT molecular complexity index is 2800. The minimum Gasteiger partial charge on any atom is -0.308 e. The third-order valence-electron chi connectivity index (χ3n) is 9.36. The summed E-state index contributed by atoms with van der Waals surface area (Å²) in [4.78, 5) is 15.4. The Hall–Kier alpha value is -7.09. The van der Waals surface area contributed by atoms with Crippen LogP contribution in [0.2, 0.25) is 0 Å². The molecule has 0 atom stereocenters. The smallest absolute Gasteiger partial charge is 0.238 e. The van der Waals surface area contributed by atoms with Gasteiger partial charge < -0.3 is 4.57 Å². The fourth-order valence-corrected chi connectivity index (χ4v) is 7.04. The van der Waals surface area contributed by atoms with E-state index in [1.165, 1.54) is 11.1 Å². The average Bonchev–Trinajstić information content (AvgIpc) is 3.66. The quantitative estimate of drug-likeness (QED) is 0.191. The lowest BCUT2D eigenvalue weighted by Crippen LogP contribution is -2.08. The summed E-state index contributed by atoms with van der Waals surface area (Å²) in [6.07, 6.45) is 0. The highest BCUT2D eigenvalue weighted by Gasteiger charge is 2.22. The molecule has 3 aromatic heterocycles. The monoisotopic (exact) mass is 641 g/mol. The summed E-state index contributed by atoms with van der Waals surface area (Å²) in [5, 5.41) is 24.1. The number of nitriles is 2. The Kier molecular flexibility index (Phi) is 6.55. The van der Waals surface area contributed by atoms with Crippen LogP contribution in [-0.2, 0) is 0 Å². The van der Waals surface area contributed by atoms with Crippen LogP contribution in [0.5, 0.6) is 0 Å². The Balaban J connectivity index is 1.38. The summed E-state index contributed by atoms with van der Waals surface area (Å²) in [5.74, 6) is 1.34. The molecule has 0 amide bonds. The van der Waals surface area contributed by atoms with Crippen LogP contribution in [0, 0.1) is 36.5 Å². The van der Waals surface area contributed by atoms with E-state index in [2.05, 4.69) is 95.8 Å². The molecule has 0 spiro atoms. The number of aromatic nitrogens is 5. The molecule has 234 valence electrons. The van der Waals surface area contributed by atoms with Crippen molar-refractivity contribution in [1.82, 2.24) is 24.1 Å². The molecule has 7 nitrogen and oxygen atoms in total. The van der Waals surface area contributed by atoms with Gasteiger partial charge >= 0.3 is 0 Å².